The first kappa shape index (κ1) is 16.4. The molecule has 1 aromatic carbocycles. The maximum atomic E-state index is 11.8. The van der Waals surface area contributed by atoms with Gasteiger partial charge in [0, 0.05) is 26.5 Å². The molecule has 2 amide bonds. The molecular formula is C13H18ClN3O3. The second kappa shape index (κ2) is 7.84. The van der Waals surface area contributed by atoms with Crippen molar-refractivity contribution < 1.29 is 14.3 Å². The largest absolute Gasteiger partial charge is 0.385 e. The number of hydrogen-bond donors (Lipinski definition) is 3. The van der Waals surface area contributed by atoms with Crippen molar-refractivity contribution in [2.45, 2.75) is 12.5 Å². The van der Waals surface area contributed by atoms with Gasteiger partial charge in [-0.25, -0.2) is 0 Å². The number of benzene rings is 1. The SMILES string of the molecule is CNC(=O)c1cc(NC(=O)C(N)CCOC)ccc1Cl. The summed E-state index contributed by atoms with van der Waals surface area (Å²) in [5.74, 6) is -0.665. The number of rotatable bonds is 6. The fourth-order valence-electron chi connectivity index (χ4n) is 1.52. The Morgan fingerprint density at radius 2 is 2.15 bits per heavy atom. The van der Waals surface area contributed by atoms with E-state index in [2.05, 4.69) is 10.6 Å². The molecule has 0 saturated carbocycles. The van der Waals surface area contributed by atoms with E-state index in [-0.39, 0.29) is 17.4 Å². The maximum absolute atomic E-state index is 11.8. The monoisotopic (exact) mass is 299 g/mol. The summed E-state index contributed by atoms with van der Waals surface area (Å²) in [6, 6.07) is 3.98. The molecule has 0 saturated heterocycles. The summed E-state index contributed by atoms with van der Waals surface area (Å²) in [5.41, 5.74) is 6.46. The minimum absolute atomic E-state index is 0.289. The standard InChI is InChI=1S/C13H18ClN3O3/c1-16-12(18)9-7-8(3-4-10(9)14)17-13(19)11(15)5-6-20-2/h3-4,7,11H,5-6,15H2,1-2H3,(H,16,18)(H,17,19). The van der Waals surface area contributed by atoms with Gasteiger partial charge in [-0.05, 0) is 24.6 Å². The number of hydrogen-bond acceptors (Lipinski definition) is 4. The van der Waals surface area contributed by atoms with E-state index in [1.807, 2.05) is 0 Å². The van der Waals surface area contributed by atoms with Crippen molar-refractivity contribution >= 4 is 29.1 Å². The number of carbonyl (C=O) groups is 2. The average molecular weight is 300 g/mol. The van der Waals surface area contributed by atoms with Gasteiger partial charge in [-0.15, -0.1) is 0 Å². The minimum Gasteiger partial charge on any atom is -0.385 e. The van der Waals surface area contributed by atoms with Crippen LogP contribution in [-0.4, -0.2) is 38.6 Å². The molecular weight excluding hydrogens is 282 g/mol. The number of nitrogens with two attached hydrogens (primary N) is 1. The summed E-state index contributed by atoms with van der Waals surface area (Å²) < 4.78 is 4.86. The van der Waals surface area contributed by atoms with Crippen molar-refractivity contribution in [1.29, 1.82) is 0 Å². The molecule has 4 N–H and O–H groups in total. The lowest BCUT2D eigenvalue weighted by Crippen LogP contribution is -2.36. The number of halogens is 1. The van der Waals surface area contributed by atoms with E-state index >= 15 is 0 Å². The van der Waals surface area contributed by atoms with E-state index in [0.29, 0.717) is 23.7 Å². The topological polar surface area (TPSA) is 93.5 Å². The number of carbonyl (C=O) groups excluding carboxylic acids is 2. The van der Waals surface area contributed by atoms with Gasteiger partial charge >= 0.3 is 0 Å². The summed E-state index contributed by atoms with van der Waals surface area (Å²) in [6.45, 7) is 0.401. The van der Waals surface area contributed by atoms with Crippen LogP contribution in [0.2, 0.25) is 5.02 Å². The zero-order valence-electron chi connectivity index (χ0n) is 11.4. The van der Waals surface area contributed by atoms with E-state index in [0.717, 1.165) is 0 Å². The Bertz CT molecular complexity index is 494. The lowest BCUT2D eigenvalue weighted by Gasteiger charge is -2.13. The Morgan fingerprint density at radius 1 is 1.45 bits per heavy atom. The van der Waals surface area contributed by atoms with Crippen molar-refractivity contribution in [2.75, 3.05) is 26.1 Å². The molecule has 0 spiro atoms. The highest BCUT2D eigenvalue weighted by molar-refractivity contribution is 6.34. The quantitative estimate of drug-likeness (QED) is 0.730. The van der Waals surface area contributed by atoms with Crippen LogP contribution in [0.25, 0.3) is 0 Å². The molecule has 1 unspecified atom stereocenters. The lowest BCUT2D eigenvalue weighted by atomic mass is 10.1. The Morgan fingerprint density at radius 3 is 2.75 bits per heavy atom. The fourth-order valence-corrected chi connectivity index (χ4v) is 1.73. The van der Waals surface area contributed by atoms with Crippen LogP contribution in [0, 0.1) is 0 Å². The molecule has 0 radical (unpaired) electrons. The number of methoxy groups -OCH3 is 1. The molecule has 110 valence electrons. The number of nitrogens with one attached hydrogen (secondary N) is 2. The minimum atomic E-state index is -0.672. The normalized spacial score (nSPS) is 11.8. The molecule has 1 rings (SSSR count). The third kappa shape index (κ3) is 4.48. The highest BCUT2D eigenvalue weighted by atomic mass is 35.5. The third-order valence-electron chi connectivity index (χ3n) is 2.68. The van der Waals surface area contributed by atoms with Crippen LogP contribution >= 0.6 is 11.6 Å². The fraction of sp³-hybridized carbons (Fsp3) is 0.385. The van der Waals surface area contributed by atoms with Gasteiger partial charge < -0.3 is 21.1 Å². The molecule has 1 aromatic rings. The third-order valence-corrected chi connectivity index (χ3v) is 3.00. The van der Waals surface area contributed by atoms with E-state index in [1.54, 1.807) is 19.2 Å². The first-order chi connectivity index (χ1) is 9.49. The molecule has 6 nitrogen and oxygen atoms in total. The van der Waals surface area contributed by atoms with E-state index in [1.165, 1.54) is 13.1 Å². The van der Waals surface area contributed by atoms with Crippen molar-refractivity contribution in [3.63, 3.8) is 0 Å². The van der Waals surface area contributed by atoms with Crippen molar-refractivity contribution in [3.8, 4) is 0 Å². The van der Waals surface area contributed by atoms with Crippen molar-refractivity contribution in [3.05, 3.63) is 28.8 Å². The summed E-state index contributed by atoms with van der Waals surface area (Å²) in [5, 5.41) is 5.43. The summed E-state index contributed by atoms with van der Waals surface area (Å²) >= 11 is 5.92. The molecule has 0 aliphatic rings. The molecule has 0 aliphatic carbocycles. The molecule has 0 fully saturated rings. The molecule has 0 bridgehead atoms. The van der Waals surface area contributed by atoms with Gasteiger partial charge in [-0.2, -0.15) is 0 Å². The molecule has 7 heteroatoms. The number of anilines is 1. The predicted octanol–water partition coefficient (Wildman–Crippen LogP) is 1.00. The van der Waals surface area contributed by atoms with Crippen LogP contribution in [0.1, 0.15) is 16.8 Å². The predicted molar refractivity (Wildman–Crippen MR) is 77.9 cm³/mol. The summed E-state index contributed by atoms with van der Waals surface area (Å²) in [7, 11) is 3.05. The second-order valence-corrected chi connectivity index (χ2v) is 4.56. The van der Waals surface area contributed by atoms with Crippen LogP contribution in [0.3, 0.4) is 0 Å². The van der Waals surface area contributed by atoms with E-state index in [4.69, 9.17) is 22.1 Å². The number of amides is 2. The second-order valence-electron chi connectivity index (χ2n) is 4.15. The van der Waals surface area contributed by atoms with E-state index < -0.39 is 6.04 Å². The lowest BCUT2D eigenvalue weighted by molar-refractivity contribution is -0.117. The van der Waals surface area contributed by atoms with Gasteiger partial charge in [0.1, 0.15) is 0 Å². The highest BCUT2D eigenvalue weighted by Gasteiger charge is 2.15. The van der Waals surface area contributed by atoms with Crippen LogP contribution < -0.4 is 16.4 Å². The van der Waals surface area contributed by atoms with Crippen LogP contribution in [0.5, 0.6) is 0 Å². The van der Waals surface area contributed by atoms with Gasteiger partial charge in [0.05, 0.1) is 16.6 Å². The smallest absolute Gasteiger partial charge is 0.252 e. The maximum Gasteiger partial charge on any atom is 0.252 e. The summed E-state index contributed by atoms with van der Waals surface area (Å²) in [4.78, 5) is 23.4. The first-order valence-electron chi connectivity index (χ1n) is 6.06. The molecule has 0 aromatic heterocycles. The Balaban J connectivity index is 2.78. The van der Waals surface area contributed by atoms with Crippen LogP contribution in [-0.2, 0) is 9.53 Å². The summed E-state index contributed by atoms with van der Waals surface area (Å²) in [6.07, 6.45) is 0.415. The van der Waals surface area contributed by atoms with Crippen molar-refractivity contribution in [1.82, 2.24) is 5.32 Å². The highest BCUT2D eigenvalue weighted by Crippen LogP contribution is 2.20. The van der Waals surface area contributed by atoms with Crippen LogP contribution in [0.4, 0.5) is 5.69 Å². The van der Waals surface area contributed by atoms with Gasteiger partial charge in [-0.3, -0.25) is 9.59 Å². The van der Waals surface area contributed by atoms with Gasteiger partial charge in [0.15, 0.2) is 0 Å². The van der Waals surface area contributed by atoms with Gasteiger partial charge in [-0.1, -0.05) is 11.6 Å². The van der Waals surface area contributed by atoms with Gasteiger partial charge in [0.25, 0.3) is 5.91 Å². The zero-order chi connectivity index (χ0) is 15.1. The Hall–Kier alpha value is -1.63. The van der Waals surface area contributed by atoms with E-state index in [9.17, 15) is 9.59 Å². The van der Waals surface area contributed by atoms with Crippen LogP contribution in [0.15, 0.2) is 18.2 Å². The molecule has 0 heterocycles. The molecule has 1 atom stereocenters. The Kier molecular flexibility index (Phi) is 6.44. The first-order valence-corrected chi connectivity index (χ1v) is 6.44. The molecule has 0 aliphatic heterocycles. The van der Waals surface area contributed by atoms with Crippen molar-refractivity contribution in [2.24, 2.45) is 5.73 Å². The number of ether oxygens (including phenoxy) is 1. The molecule has 20 heavy (non-hydrogen) atoms. The average Bonchev–Trinajstić information content (AvgIpc) is 2.45. The zero-order valence-corrected chi connectivity index (χ0v) is 12.2. The van der Waals surface area contributed by atoms with Gasteiger partial charge in [0.2, 0.25) is 5.91 Å². The Labute approximate surface area is 122 Å².